The summed E-state index contributed by atoms with van der Waals surface area (Å²) in [6, 6.07) is 0. The van der Waals surface area contributed by atoms with Crippen LogP contribution in [0.25, 0.3) is 0 Å². The van der Waals surface area contributed by atoms with Crippen LogP contribution < -0.4 is 4.74 Å². The van der Waals surface area contributed by atoms with Crippen LogP contribution in [0.4, 0.5) is 0 Å². The summed E-state index contributed by atoms with van der Waals surface area (Å²) < 4.78 is 12.1. The topological polar surface area (TPSA) is 56.5 Å². The molecule has 0 radical (unpaired) electrons. The van der Waals surface area contributed by atoms with Crippen LogP contribution in [0.3, 0.4) is 0 Å². The Kier molecular flexibility index (Phi) is 5.44. The van der Waals surface area contributed by atoms with Gasteiger partial charge in [0.15, 0.2) is 5.75 Å². The molecule has 98 valence electrons. The second-order valence-corrected chi connectivity index (χ2v) is 4.23. The number of aliphatic hydroxyl groups excluding tert-OH is 1. The third-order valence-corrected chi connectivity index (χ3v) is 2.76. The molecule has 1 N–H and O–H groups in total. The molecule has 0 aliphatic rings. The van der Waals surface area contributed by atoms with Crippen molar-refractivity contribution in [1.29, 1.82) is 0 Å². The average Bonchev–Trinajstić information content (AvgIpc) is 2.71. The molecule has 0 aromatic carbocycles. The van der Waals surface area contributed by atoms with E-state index in [1.54, 1.807) is 25.1 Å². The average molecular weight is 242 g/mol. The molecule has 17 heavy (non-hydrogen) atoms. The number of aryl methyl sites for hydroxylation is 1. The largest absolute Gasteiger partial charge is 0.493 e. The SMILES string of the molecule is CCn1ncc(OC)c1C(O)CC(C)COC. The van der Waals surface area contributed by atoms with E-state index in [2.05, 4.69) is 5.10 Å². The van der Waals surface area contributed by atoms with Gasteiger partial charge in [0.05, 0.1) is 19.4 Å². The van der Waals surface area contributed by atoms with E-state index in [0.29, 0.717) is 31.2 Å². The number of methoxy groups -OCH3 is 2. The Labute approximate surface area is 102 Å². The third-order valence-electron chi connectivity index (χ3n) is 2.76. The molecule has 2 atom stereocenters. The lowest BCUT2D eigenvalue weighted by Gasteiger charge is -2.17. The Hall–Kier alpha value is -1.07. The minimum Gasteiger partial charge on any atom is -0.493 e. The molecular formula is C12H22N2O3. The summed E-state index contributed by atoms with van der Waals surface area (Å²) in [5, 5.41) is 14.4. The van der Waals surface area contributed by atoms with Gasteiger partial charge < -0.3 is 14.6 Å². The van der Waals surface area contributed by atoms with Crippen LogP contribution in [-0.2, 0) is 11.3 Å². The van der Waals surface area contributed by atoms with E-state index in [9.17, 15) is 5.11 Å². The zero-order valence-electron chi connectivity index (χ0n) is 11.0. The van der Waals surface area contributed by atoms with E-state index in [4.69, 9.17) is 9.47 Å². The van der Waals surface area contributed by atoms with Crippen LogP contribution in [-0.4, -0.2) is 35.7 Å². The highest BCUT2D eigenvalue weighted by Gasteiger charge is 2.21. The molecule has 5 heteroatoms. The monoisotopic (exact) mass is 242 g/mol. The van der Waals surface area contributed by atoms with Gasteiger partial charge in [-0.2, -0.15) is 5.10 Å². The highest BCUT2D eigenvalue weighted by molar-refractivity contribution is 5.27. The summed E-state index contributed by atoms with van der Waals surface area (Å²) in [5.41, 5.74) is 0.748. The maximum atomic E-state index is 10.2. The molecule has 0 fully saturated rings. The molecule has 0 saturated heterocycles. The first kappa shape index (κ1) is 14.0. The molecule has 0 bridgehead atoms. The third kappa shape index (κ3) is 3.44. The van der Waals surface area contributed by atoms with Crippen LogP contribution in [0, 0.1) is 5.92 Å². The Bertz CT molecular complexity index is 317. The summed E-state index contributed by atoms with van der Waals surface area (Å²) in [7, 11) is 3.26. The summed E-state index contributed by atoms with van der Waals surface area (Å²) in [4.78, 5) is 0. The van der Waals surface area contributed by atoms with Gasteiger partial charge in [0.25, 0.3) is 0 Å². The molecular weight excluding hydrogens is 220 g/mol. The first-order valence-corrected chi connectivity index (χ1v) is 5.90. The Morgan fingerprint density at radius 3 is 2.71 bits per heavy atom. The molecule has 2 unspecified atom stereocenters. The number of ether oxygens (including phenoxy) is 2. The van der Waals surface area contributed by atoms with Gasteiger partial charge in [0, 0.05) is 20.3 Å². The summed E-state index contributed by atoms with van der Waals surface area (Å²) >= 11 is 0. The van der Waals surface area contributed by atoms with Crippen LogP contribution >= 0.6 is 0 Å². The van der Waals surface area contributed by atoms with Crippen molar-refractivity contribution in [2.45, 2.75) is 32.9 Å². The van der Waals surface area contributed by atoms with Crippen molar-refractivity contribution in [1.82, 2.24) is 9.78 Å². The van der Waals surface area contributed by atoms with Crippen molar-refractivity contribution in [2.24, 2.45) is 5.92 Å². The number of hydrogen-bond acceptors (Lipinski definition) is 4. The summed E-state index contributed by atoms with van der Waals surface area (Å²) in [6.45, 7) is 5.39. The van der Waals surface area contributed by atoms with Gasteiger partial charge in [-0.05, 0) is 19.3 Å². The molecule has 0 spiro atoms. The number of nitrogens with zero attached hydrogens (tertiary/aromatic N) is 2. The van der Waals surface area contributed by atoms with Gasteiger partial charge in [-0.3, -0.25) is 4.68 Å². The smallest absolute Gasteiger partial charge is 0.162 e. The van der Waals surface area contributed by atoms with Gasteiger partial charge in [-0.25, -0.2) is 0 Å². The molecule has 1 rings (SSSR count). The lowest BCUT2D eigenvalue weighted by atomic mass is 10.0. The lowest BCUT2D eigenvalue weighted by Crippen LogP contribution is -2.14. The van der Waals surface area contributed by atoms with Crippen LogP contribution in [0.5, 0.6) is 5.75 Å². The predicted molar refractivity (Wildman–Crippen MR) is 65.1 cm³/mol. The minimum absolute atomic E-state index is 0.292. The quantitative estimate of drug-likeness (QED) is 0.789. The first-order chi connectivity index (χ1) is 8.13. The highest BCUT2D eigenvalue weighted by atomic mass is 16.5. The normalized spacial score (nSPS) is 14.6. The van der Waals surface area contributed by atoms with Crippen molar-refractivity contribution in [3.05, 3.63) is 11.9 Å². The predicted octanol–water partition coefficient (Wildman–Crippen LogP) is 1.62. The van der Waals surface area contributed by atoms with E-state index in [1.807, 2.05) is 13.8 Å². The van der Waals surface area contributed by atoms with Crippen molar-refractivity contribution in [3.63, 3.8) is 0 Å². The lowest BCUT2D eigenvalue weighted by molar-refractivity contribution is 0.0949. The molecule has 0 aliphatic heterocycles. The minimum atomic E-state index is -0.572. The Morgan fingerprint density at radius 2 is 2.18 bits per heavy atom. The highest BCUT2D eigenvalue weighted by Crippen LogP contribution is 2.29. The van der Waals surface area contributed by atoms with Gasteiger partial charge in [0.1, 0.15) is 5.69 Å². The first-order valence-electron chi connectivity index (χ1n) is 5.90. The van der Waals surface area contributed by atoms with E-state index in [0.717, 1.165) is 5.69 Å². The molecule has 1 aromatic heterocycles. The van der Waals surface area contributed by atoms with Crippen LogP contribution in [0.2, 0.25) is 0 Å². The Morgan fingerprint density at radius 1 is 1.47 bits per heavy atom. The molecule has 0 amide bonds. The van der Waals surface area contributed by atoms with Crippen molar-refractivity contribution < 1.29 is 14.6 Å². The Balaban J connectivity index is 2.79. The van der Waals surface area contributed by atoms with Crippen molar-refractivity contribution in [2.75, 3.05) is 20.8 Å². The molecule has 1 aromatic rings. The molecule has 0 aliphatic carbocycles. The second-order valence-electron chi connectivity index (χ2n) is 4.23. The van der Waals surface area contributed by atoms with Crippen LogP contribution in [0.1, 0.15) is 32.1 Å². The van der Waals surface area contributed by atoms with Gasteiger partial charge >= 0.3 is 0 Å². The number of hydrogen-bond donors (Lipinski definition) is 1. The van der Waals surface area contributed by atoms with Crippen molar-refractivity contribution >= 4 is 0 Å². The second kappa shape index (κ2) is 6.61. The molecule has 1 heterocycles. The fourth-order valence-electron chi connectivity index (χ4n) is 1.97. The van der Waals surface area contributed by atoms with E-state index < -0.39 is 6.10 Å². The maximum absolute atomic E-state index is 10.2. The number of aromatic nitrogens is 2. The van der Waals surface area contributed by atoms with Crippen molar-refractivity contribution in [3.8, 4) is 5.75 Å². The van der Waals surface area contributed by atoms with Gasteiger partial charge in [0.2, 0.25) is 0 Å². The van der Waals surface area contributed by atoms with E-state index >= 15 is 0 Å². The summed E-state index contributed by atoms with van der Waals surface area (Å²) in [6.07, 6.45) is 1.71. The fourth-order valence-corrected chi connectivity index (χ4v) is 1.97. The number of aliphatic hydroxyl groups is 1. The maximum Gasteiger partial charge on any atom is 0.162 e. The van der Waals surface area contributed by atoms with E-state index in [-0.39, 0.29) is 0 Å². The molecule has 5 nitrogen and oxygen atoms in total. The standard InChI is InChI=1S/C12H22N2O3/c1-5-14-12(11(17-4)7-13-14)10(15)6-9(2)8-16-3/h7,9-10,15H,5-6,8H2,1-4H3. The molecule has 0 saturated carbocycles. The van der Waals surface area contributed by atoms with E-state index in [1.165, 1.54) is 0 Å². The zero-order valence-corrected chi connectivity index (χ0v) is 11.0. The number of rotatable bonds is 7. The summed E-state index contributed by atoms with van der Waals surface area (Å²) in [5.74, 6) is 0.934. The van der Waals surface area contributed by atoms with Crippen LogP contribution in [0.15, 0.2) is 6.20 Å². The van der Waals surface area contributed by atoms with Gasteiger partial charge in [-0.1, -0.05) is 6.92 Å². The zero-order chi connectivity index (χ0) is 12.8. The fraction of sp³-hybridized carbons (Fsp3) is 0.750. The van der Waals surface area contributed by atoms with Gasteiger partial charge in [-0.15, -0.1) is 0 Å².